The minimum atomic E-state index is -0.833. The Morgan fingerprint density at radius 3 is 2.49 bits per heavy atom. The lowest BCUT2D eigenvalue weighted by atomic mass is 10.0. The molecule has 3 heterocycles. The van der Waals surface area contributed by atoms with E-state index in [2.05, 4.69) is 9.88 Å². The molecule has 39 heavy (non-hydrogen) atoms. The van der Waals surface area contributed by atoms with Crippen LogP contribution in [0.3, 0.4) is 0 Å². The number of para-hydroxylation sites is 1. The van der Waals surface area contributed by atoms with Gasteiger partial charge in [0.15, 0.2) is 0 Å². The lowest BCUT2D eigenvalue weighted by molar-refractivity contribution is 0.194. The molecule has 0 radical (unpaired) electrons. The van der Waals surface area contributed by atoms with Crippen molar-refractivity contribution in [2.75, 3.05) is 5.32 Å². The number of aromatic nitrogens is 3. The maximum absolute atomic E-state index is 14.6. The Morgan fingerprint density at radius 2 is 1.77 bits per heavy atom. The van der Waals surface area contributed by atoms with Crippen LogP contribution in [0.1, 0.15) is 41.0 Å². The third kappa shape index (κ3) is 4.37. The fourth-order valence-corrected chi connectivity index (χ4v) is 5.23. The number of carbonyl (C=O) groups excluding carboxylic acids is 1. The van der Waals surface area contributed by atoms with Gasteiger partial charge in [0.1, 0.15) is 17.5 Å². The largest absolute Gasteiger partial charge is 0.323 e. The van der Waals surface area contributed by atoms with Gasteiger partial charge in [0.25, 0.3) is 0 Å². The number of anilines is 1. The third-order valence-electron chi connectivity index (χ3n) is 7.13. The van der Waals surface area contributed by atoms with E-state index in [4.69, 9.17) is 5.10 Å². The van der Waals surface area contributed by atoms with Crippen LogP contribution in [0.15, 0.2) is 91.1 Å². The first-order valence-corrected chi connectivity index (χ1v) is 12.9. The molecule has 2 amide bonds. The van der Waals surface area contributed by atoms with E-state index < -0.39 is 23.7 Å². The van der Waals surface area contributed by atoms with Crippen molar-refractivity contribution in [1.29, 1.82) is 0 Å². The zero-order chi connectivity index (χ0) is 27.1. The molecule has 0 aliphatic carbocycles. The van der Waals surface area contributed by atoms with Crippen molar-refractivity contribution in [3.05, 3.63) is 131 Å². The zero-order valence-corrected chi connectivity index (χ0v) is 21.6. The van der Waals surface area contributed by atoms with E-state index >= 15 is 0 Å². The Morgan fingerprint density at radius 1 is 1.00 bits per heavy atom. The van der Waals surface area contributed by atoms with Gasteiger partial charge in [-0.1, -0.05) is 55.0 Å². The van der Waals surface area contributed by atoms with Crippen LogP contribution in [0.5, 0.6) is 0 Å². The summed E-state index contributed by atoms with van der Waals surface area (Å²) in [6, 6.07) is 24.0. The summed E-state index contributed by atoms with van der Waals surface area (Å²) in [5.74, 6) is -0.681. The predicted molar refractivity (Wildman–Crippen MR) is 146 cm³/mol. The van der Waals surface area contributed by atoms with Crippen LogP contribution in [0.2, 0.25) is 0 Å². The highest BCUT2D eigenvalue weighted by atomic mass is 19.1. The number of benzene rings is 3. The highest BCUT2D eigenvalue weighted by Gasteiger charge is 2.36. The number of fused-ring (bicyclic) bond motifs is 3. The molecule has 1 N–H and O–H groups in total. The Hall–Kier alpha value is -4.72. The van der Waals surface area contributed by atoms with Crippen LogP contribution in [0.4, 0.5) is 19.3 Å². The molecule has 0 unspecified atom stereocenters. The van der Waals surface area contributed by atoms with E-state index in [1.54, 1.807) is 4.90 Å². The lowest BCUT2D eigenvalue weighted by Crippen LogP contribution is -2.38. The Labute approximate surface area is 225 Å². The molecule has 6 rings (SSSR count). The molecule has 0 saturated heterocycles. The summed E-state index contributed by atoms with van der Waals surface area (Å²) in [5.41, 5.74) is 5.48. The summed E-state index contributed by atoms with van der Waals surface area (Å²) >= 11 is 0. The number of nitrogens with zero attached hydrogens (tertiary/aromatic N) is 4. The molecule has 3 aromatic carbocycles. The van der Waals surface area contributed by atoms with Crippen LogP contribution in [0, 0.1) is 18.6 Å². The Bertz CT molecular complexity index is 1660. The minimum absolute atomic E-state index is 0.0837. The van der Waals surface area contributed by atoms with Crippen LogP contribution in [-0.4, -0.2) is 25.3 Å². The predicted octanol–water partition coefficient (Wildman–Crippen LogP) is 6.95. The number of hydrogen-bond donors (Lipinski definition) is 1. The van der Waals surface area contributed by atoms with E-state index in [0.717, 1.165) is 51.7 Å². The fourth-order valence-electron chi connectivity index (χ4n) is 5.23. The highest BCUT2D eigenvalue weighted by molar-refractivity contribution is 5.90. The first-order chi connectivity index (χ1) is 18.9. The molecule has 0 fully saturated rings. The molecule has 0 bridgehead atoms. The number of carbonyl (C=O) groups is 1. The van der Waals surface area contributed by atoms with Gasteiger partial charge < -0.3 is 14.8 Å². The smallest absolute Gasteiger partial charge is 0.307 e. The van der Waals surface area contributed by atoms with Gasteiger partial charge in [0.05, 0.1) is 35.3 Å². The number of nitrogens with one attached hydrogen (secondary N) is 1. The number of urea groups is 1. The summed E-state index contributed by atoms with van der Waals surface area (Å²) in [7, 11) is 0. The van der Waals surface area contributed by atoms with E-state index in [1.807, 2.05) is 91.5 Å². The van der Waals surface area contributed by atoms with Crippen LogP contribution in [0.25, 0.3) is 11.5 Å². The maximum Gasteiger partial charge on any atom is 0.323 e. The standard InChI is InChI=1S/C31H27F2N5O/c1-3-26-24-19-37(31(39)34-27-16-15-22(32)18-25(27)33)29(21-13-11-20(2)12-14-21)28-10-7-17-36(28)30(24)38(35-26)23-8-5-4-6-9-23/h4-18,29H,3,19H2,1-2H3,(H,34,39)/t29-/m1/s1. The Kier molecular flexibility index (Phi) is 6.23. The van der Waals surface area contributed by atoms with Gasteiger partial charge in [-0.05, 0) is 55.3 Å². The summed E-state index contributed by atoms with van der Waals surface area (Å²) in [5, 5.41) is 7.63. The normalized spacial score (nSPS) is 14.5. The second kappa shape index (κ2) is 9.87. The minimum Gasteiger partial charge on any atom is -0.307 e. The highest BCUT2D eigenvalue weighted by Crippen LogP contribution is 2.39. The van der Waals surface area contributed by atoms with E-state index in [1.165, 1.54) is 6.07 Å². The van der Waals surface area contributed by atoms with Crippen molar-refractivity contribution < 1.29 is 13.6 Å². The van der Waals surface area contributed by atoms with Crippen molar-refractivity contribution in [2.45, 2.75) is 32.9 Å². The monoisotopic (exact) mass is 523 g/mol. The third-order valence-corrected chi connectivity index (χ3v) is 7.13. The number of halogens is 2. The SMILES string of the molecule is CCc1nn(-c2ccccc2)c2c1CN(C(=O)Nc1ccc(F)cc1F)[C@H](c1ccc(C)cc1)c1cccn1-2. The van der Waals surface area contributed by atoms with Crippen molar-refractivity contribution in [2.24, 2.45) is 0 Å². The van der Waals surface area contributed by atoms with Gasteiger partial charge >= 0.3 is 6.03 Å². The summed E-state index contributed by atoms with van der Waals surface area (Å²) in [4.78, 5) is 15.6. The number of hydrogen-bond acceptors (Lipinski definition) is 2. The van der Waals surface area contributed by atoms with E-state index in [-0.39, 0.29) is 12.2 Å². The summed E-state index contributed by atoms with van der Waals surface area (Å²) < 4.78 is 32.1. The maximum atomic E-state index is 14.6. The van der Waals surface area contributed by atoms with Gasteiger partial charge in [-0.15, -0.1) is 0 Å². The van der Waals surface area contributed by atoms with E-state index in [0.29, 0.717) is 6.42 Å². The molecule has 196 valence electrons. The van der Waals surface area contributed by atoms with Crippen molar-refractivity contribution in [3.63, 3.8) is 0 Å². The second-order valence-corrected chi connectivity index (χ2v) is 9.65. The summed E-state index contributed by atoms with van der Waals surface area (Å²) in [6.07, 6.45) is 2.65. The lowest BCUT2D eigenvalue weighted by Gasteiger charge is -2.31. The zero-order valence-electron chi connectivity index (χ0n) is 21.6. The van der Waals surface area contributed by atoms with Crippen LogP contribution < -0.4 is 5.32 Å². The average molecular weight is 524 g/mol. The van der Waals surface area contributed by atoms with Gasteiger partial charge in [-0.3, -0.25) is 0 Å². The van der Waals surface area contributed by atoms with Crippen molar-refractivity contribution in [3.8, 4) is 11.5 Å². The van der Waals surface area contributed by atoms with Crippen LogP contribution in [-0.2, 0) is 13.0 Å². The second-order valence-electron chi connectivity index (χ2n) is 9.65. The molecule has 1 atom stereocenters. The molecule has 2 aromatic heterocycles. The van der Waals surface area contributed by atoms with E-state index in [9.17, 15) is 13.6 Å². The number of amides is 2. The summed E-state index contributed by atoms with van der Waals surface area (Å²) in [6.45, 7) is 4.29. The number of rotatable bonds is 4. The average Bonchev–Trinajstić information content (AvgIpc) is 3.52. The molecule has 0 saturated carbocycles. The molecular weight excluding hydrogens is 496 g/mol. The molecule has 1 aliphatic rings. The Balaban J connectivity index is 1.54. The molecule has 5 aromatic rings. The van der Waals surface area contributed by atoms with Crippen molar-refractivity contribution >= 4 is 11.7 Å². The molecule has 1 aliphatic heterocycles. The molecule has 8 heteroatoms. The first-order valence-electron chi connectivity index (χ1n) is 12.9. The molecular formula is C31H27F2N5O. The van der Waals surface area contributed by atoms with Crippen LogP contribution >= 0.6 is 0 Å². The van der Waals surface area contributed by atoms with Gasteiger partial charge in [-0.25, -0.2) is 18.3 Å². The van der Waals surface area contributed by atoms with Gasteiger partial charge in [-0.2, -0.15) is 5.10 Å². The van der Waals surface area contributed by atoms with Crippen molar-refractivity contribution in [1.82, 2.24) is 19.2 Å². The first kappa shape index (κ1) is 24.6. The van der Waals surface area contributed by atoms with Gasteiger partial charge in [0.2, 0.25) is 0 Å². The number of aryl methyl sites for hydroxylation is 2. The topological polar surface area (TPSA) is 55.1 Å². The molecule has 0 spiro atoms. The quantitative estimate of drug-likeness (QED) is 0.277. The fraction of sp³-hybridized carbons (Fsp3) is 0.161. The van der Waals surface area contributed by atoms with Gasteiger partial charge in [0, 0.05) is 17.8 Å². The molecule has 6 nitrogen and oxygen atoms in total.